The van der Waals surface area contributed by atoms with E-state index in [0.29, 0.717) is 6.54 Å². The van der Waals surface area contributed by atoms with Crippen molar-refractivity contribution in [2.75, 3.05) is 6.54 Å². The fourth-order valence-corrected chi connectivity index (χ4v) is 1.85. The molecule has 2 aromatic rings. The normalized spacial score (nSPS) is 10.4. The number of nitrogens with one attached hydrogen (secondary N) is 1. The number of nitrogens with zero attached hydrogens (tertiary/aromatic N) is 3. The summed E-state index contributed by atoms with van der Waals surface area (Å²) in [5.41, 5.74) is -0.0504. The first-order chi connectivity index (χ1) is 9.70. The van der Waals surface area contributed by atoms with Gasteiger partial charge >= 0.3 is 0 Å². The number of aryl methyl sites for hydroxylation is 1. The van der Waals surface area contributed by atoms with E-state index in [1.54, 1.807) is 16.9 Å². The topological polar surface area (TPSA) is 53.6 Å². The van der Waals surface area contributed by atoms with Gasteiger partial charge in [-0.1, -0.05) is 0 Å². The first kappa shape index (κ1) is 14.2. The van der Waals surface area contributed by atoms with Gasteiger partial charge in [-0.25, -0.2) is 8.78 Å². The summed E-state index contributed by atoms with van der Waals surface area (Å²) in [5, 5.41) is 15.6. The third-order valence-electron chi connectivity index (χ3n) is 2.87. The number of rotatable bonds is 6. The average Bonchev–Trinajstić information content (AvgIpc) is 2.94. The van der Waals surface area contributed by atoms with E-state index in [0.717, 1.165) is 25.1 Å². The second-order valence-electron chi connectivity index (χ2n) is 4.33. The molecule has 20 heavy (non-hydrogen) atoms. The van der Waals surface area contributed by atoms with E-state index in [1.165, 1.54) is 0 Å². The van der Waals surface area contributed by atoms with Crippen molar-refractivity contribution in [1.29, 1.82) is 5.26 Å². The van der Waals surface area contributed by atoms with Crippen molar-refractivity contribution < 1.29 is 8.78 Å². The van der Waals surface area contributed by atoms with Crippen molar-refractivity contribution in [1.82, 2.24) is 15.1 Å². The Morgan fingerprint density at radius 2 is 2.05 bits per heavy atom. The Hall–Kier alpha value is -2.26. The Morgan fingerprint density at radius 1 is 1.30 bits per heavy atom. The van der Waals surface area contributed by atoms with E-state index in [9.17, 15) is 8.78 Å². The second-order valence-corrected chi connectivity index (χ2v) is 4.33. The van der Waals surface area contributed by atoms with Gasteiger partial charge in [0, 0.05) is 31.0 Å². The van der Waals surface area contributed by atoms with Gasteiger partial charge in [0.15, 0.2) is 0 Å². The van der Waals surface area contributed by atoms with Gasteiger partial charge < -0.3 is 5.32 Å². The van der Waals surface area contributed by atoms with Crippen molar-refractivity contribution in [2.24, 2.45) is 0 Å². The summed E-state index contributed by atoms with van der Waals surface area (Å²) in [4.78, 5) is 0. The monoisotopic (exact) mass is 276 g/mol. The van der Waals surface area contributed by atoms with Crippen LogP contribution in [0.2, 0.25) is 0 Å². The van der Waals surface area contributed by atoms with Crippen molar-refractivity contribution in [3.8, 4) is 6.07 Å². The standard InChI is InChI=1S/C14H14F2N4/c15-13-7-11(9-17)8-14(16)12(13)10-18-3-1-5-20-6-2-4-19-20/h2,4,6-8,18H,1,3,5,10H2. The lowest BCUT2D eigenvalue weighted by atomic mass is 10.1. The maximum Gasteiger partial charge on any atom is 0.131 e. The highest BCUT2D eigenvalue weighted by Crippen LogP contribution is 2.14. The molecule has 2 rings (SSSR count). The van der Waals surface area contributed by atoms with Crippen molar-refractivity contribution in [3.63, 3.8) is 0 Å². The van der Waals surface area contributed by atoms with Gasteiger partial charge in [0.25, 0.3) is 0 Å². The van der Waals surface area contributed by atoms with E-state index >= 15 is 0 Å². The summed E-state index contributed by atoms with van der Waals surface area (Å²) < 4.78 is 29.0. The zero-order valence-electron chi connectivity index (χ0n) is 10.8. The highest BCUT2D eigenvalue weighted by Gasteiger charge is 2.10. The van der Waals surface area contributed by atoms with Crippen LogP contribution in [0.15, 0.2) is 30.6 Å². The molecule has 0 aliphatic rings. The van der Waals surface area contributed by atoms with Crippen LogP contribution in [0.3, 0.4) is 0 Å². The number of halogens is 2. The molecule has 0 spiro atoms. The second kappa shape index (κ2) is 6.78. The van der Waals surface area contributed by atoms with Crippen molar-refractivity contribution in [3.05, 3.63) is 53.4 Å². The van der Waals surface area contributed by atoms with Crippen LogP contribution in [0.4, 0.5) is 8.78 Å². The van der Waals surface area contributed by atoms with E-state index in [-0.39, 0.29) is 17.7 Å². The lowest BCUT2D eigenvalue weighted by Gasteiger charge is -2.08. The number of hydrogen-bond donors (Lipinski definition) is 1. The quantitative estimate of drug-likeness (QED) is 0.823. The zero-order valence-corrected chi connectivity index (χ0v) is 10.8. The minimum absolute atomic E-state index is 0.0116. The molecule has 0 radical (unpaired) electrons. The summed E-state index contributed by atoms with van der Waals surface area (Å²) in [6, 6.07) is 5.65. The minimum atomic E-state index is -0.693. The third-order valence-corrected chi connectivity index (χ3v) is 2.87. The van der Waals surface area contributed by atoms with Gasteiger partial charge in [-0.15, -0.1) is 0 Å². The van der Waals surface area contributed by atoms with Crippen LogP contribution in [0.1, 0.15) is 17.5 Å². The van der Waals surface area contributed by atoms with Crippen LogP contribution in [0.5, 0.6) is 0 Å². The van der Waals surface area contributed by atoms with Crippen molar-refractivity contribution >= 4 is 0 Å². The largest absolute Gasteiger partial charge is 0.312 e. The molecule has 104 valence electrons. The first-order valence-electron chi connectivity index (χ1n) is 6.27. The minimum Gasteiger partial charge on any atom is -0.312 e. The summed E-state index contributed by atoms with van der Waals surface area (Å²) in [6.45, 7) is 1.47. The molecule has 1 heterocycles. The van der Waals surface area contributed by atoms with Gasteiger partial charge in [-0.05, 0) is 31.2 Å². The number of hydrogen-bond acceptors (Lipinski definition) is 3. The molecule has 1 N–H and O–H groups in total. The molecule has 0 saturated carbocycles. The van der Waals surface area contributed by atoms with E-state index in [2.05, 4.69) is 10.4 Å². The fourth-order valence-electron chi connectivity index (χ4n) is 1.85. The molecule has 4 nitrogen and oxygen atoms in total. The van der Waals surface area contributed by atoms with Gasteiger partial charge in [0.1, 0.15) is 11.6 Å². The predicted octanol–water partition coefficient (Wildman–Crippen LogP) is 2.21. The maximum absolute atomic E-state index is 13.6. The van der Waals surface area contributed by atoms with Crippen LogP contribution in [-0.2, 0) is 13.1 Å². The Kier molecular flexibility index (Phi) is 4.80. The molecular formula is C14H14F2N4. The van der Waals surface area contributed by atoms with Crippen LogP contribution in [-0.4, -0.2) is 16.3 Å². The molecule has 0 bridgehead atoms. The van der Waals surface area contributed by atoms with Crippen LogP contribution < -0.4 is 5.32 Å². The lowest BCUT2D eigenvalue weighted by molar-refractivity contribution is 0.512. The van der Waals surface area contributed by atoms with E-state index in [1.807, 2.05) is 12.3 Å². The molecule has 1 aromatic carbocycles. The molecule has 0 aliphatic heterocycles. The third kappa shape index (κ3) is 3.62. The lowest BCUT2D eigenvalue weighted by Crippen LogP contribution is -2.18. The first-order valence-corrected chi connectivity index (χ1v) is 6.27. The Morgan fingerprint density at radius 3 is 2.65 bits per heavy atom. The summed E-state index contributed by atoms with van der Waals surface area (Å²) >= 11 is 0. The van der Waals surface area contributed by atoms with Crippen molar-refractivity contribution in [2.45, 2.75) is 19.5 Å². The molecule has 0 fully saturated rings. The Balaban J connectivity index is 1.81. The smallest absolute Gasteiger partial charge is 0.131 e. The SMILES string of the molecule is N#Cc1cc(F)c(CNCCCn2cccn2)c(F)c1. The predicted molar refractivity (Wildman–Crippen MR) is 69.6 cm³/mol. The molecule has 1 aromatic heterocycles. The van der Waals surface area contributed by atoms with E-state index in [4.69, 9.17) is 5.26 Å². The van der Waals surface area contributed by atoms with Gasteiger partial charge in [0.05, 0.1) is 11.6 Å². The number of aromatic nitrogens is 2. The molecular weight excluding hydrogens is 262 g/mol. The highest BCUT2D eigenvalue weighted by molar-refractivity contribution is 5.34. The molecule has 0 aliphatic carbocycles. The fraction of sp³-hybridized carbons (Fsp3) is 0.286. The molecule has 0 atom stereocenters. The maximum atomic E-state index is 13.6. The summed E-state index contributed by atoms with van der Waals surface area (Å²) in [5.74, 6) is -1.39. The van der Waals surface area contributed by atoms with E-state index < -0.39 is 11.6 Å². The highest BCUT2D eigenvalue weighted by atomic mass is 19.1. The molecule has 0 unspecified atom stereocenters. The molecule has 0 amide bonds. The van der Waals surface area contributed by atoms with Crippen LogP contribution >= 0.6 is 0 Å². The number of benzene rings is 1. The van der Waals surface area contributed by atoms with Crippen LogP contribution in [0.25, 0.3) is 0 Å². The Labute approximate surface area is 115 Å². The van der Waals surface area contributed by atoms with Gasteiger partial charge in [-0.3, -0.25) is 4.68 Å². The van der Waals surface area contributed by atoms with Gasteiger partial charge in [-0.2, -0.15) is 10.4 Å². The molecule has 6 heteroatoms. The molecule has 0 saturated heterocycles. The zero-order chi connectivity index (χ0) is 14.4. The average molecular weight is 276 g/mol. The van der Waals surface area contributed by atoms with Crippen LogP contribution in [0, 0.1) is 23.0 Å². The Bertz CT molecular complexity index is 579. The summed E-state index contributed by atoms with van der Waals surface area (Å²) in [6.07, 6.45) is 4.37. The number of nitriles is 1. The summed E-state index contributed by atoms with van der Waals surface area (Å²) in [7, 11) is 0. The van der Waals surface area contributed by atoms with Gasteiger partial charge in [0.2, 0.25) is 0 Å².